The summed E-state index contributed by atoms with van der Waals surface area (Å²) in [6.45, 7) is 1.38. The monoisotopic (exact) mass is 287 g/mol. The first kappa shape index (κ1) is 13.5. The van der Waals surface area contributed by atoms with Gasteiger partial charge < -0.3 is 10.0 Å². The molecule has 2 rings (SSSR count). The van der Waals surface area contributed by atoms with Gasteiger partial charge in [0.15, 0.2) is 0 Å². The quantitative estimate of drug-likeness (QED) is 0.849. The zero-order valence-electron chi connectivity index (χ0n) is 9.90. The standard InChI is InChI=1S/C13H15Cl2NO2/c14-7-9-2-1-5-16(8-9)13(18)11-6-10(17)3-4-12(11)15/h3-4,6,9,17H,1-2,5,7-8H2. The Bertz CT molecular complexity index is 451. The Kier molecular flexibility index (Phi) is 4.36. The molecule has 1 unspecified atom stereocenters. The summed E-state index contributed by atoms with van der Waals surface area (Å²) >= 11 is 11.8. The number of rotatable bonds is 2. The smallest absolute Gasteiger partial charge is 0.255 e. The van der Waals surface area contributed by atoms with Crippen LogP contribution in [0.5, 0.6) is 5.75 Å². The Labute approximate surface area is 116 Å². The number of hydrogen-bond acceptors (Lipinski definition) is 2. The van der Waals surface area contributed by atoms with Crippen molar-refractivity contribution in [1.29, 1.82) is 0 Å². The van der Waals surface area contributed by atoms with Crippen molar-refractivity contribution in [3.8, 4) is 5.75 Å². The van der Waals surface area contributed by atoms with Crippen LogP contribution in [0.1, 0.15) is 23.2 Å². The highest BCUT2D eigenvalue weighted by molar-refractivity contribution is 6.33. The van der Waals surface area contributed by atoms with Gasteiger partial charge in [-0.3, -0.25) is 4.79 Å². The number of carbonyl (C=O) groups is 1. The Morgan fingerprint density at radius 3 is 3.00 bits per heavy atom. The number of nitrogens with zero attached hydrogens (tertiary/aromatic N) is 1. The van der Waals surface area contributed by atoms with E-state index < -0.39 is 0 Å². The molecule has 18 heavy (non-hydrogen) atoms. The van der Waals surface area contributed by atoms with Gasteiger partial charge in [-0.05, 0) is 37.0 Å². The number of alkyl halides is 1. The fraction of sp³-hybridized carbons (Fsp3) is 0.462. The van der Waals surface area contributed by atoms with E-state index in [4.69, 9.17) is 23.2 Å². The van der Waals surface area contributed by atoms with Crippen LogP contribution in [0.25, 0.3) is 0 Å². The van der Waals surface area contributed by atoms with Gasteiger partial charge in [0.05, 0.1) is 10.6 Å². The largest absolute Gasteiger partial charge is 0.508 e. The molecule has 5 heteroatoms. The average molecular weight is 288 g/mol. The number of phenolic OH excluding ortho intramolecular Hbond substituents is 1. The number of phenols is 1. The lowest BCUT2D eigenvalue weighted by Crippen LogP contribution is -2.40. The van der Waals surface area contributed by atoms with Crippen molar-refractivity contribution in [1.82, 2.24) is 4.90 Å². The number of carbonyl (C=O) groups excluding carboxylic acids is 1. The van der Waals surface area contributed by atoms with Crippen LogP contribution >= 0.6 is 23.2 Å². The van der Waals surface area contributed by atoms with Crippen LogP contribution in [-0.4, -0.2) is 34.9 Å². The third-order valence-electron chi connectivity index (χ3n) is 3.20. The zero-order valence-corrected chi connectivity index (χ0v) is 11.4. The van der Waals surface area contributed by atoms with Gasteiger partial charge in [0.2, 0.25) is 0 Å². The summed E-state index contributed by atoms with van der Waals surface area (Å²) in [5.41, 5.74) is 0.354. The van der Waals surface area contributed by atoms with E-state index in [2.05, 4.69) is 0 Å². The molecule has 1 amide bonds. The van der Waals surface area contributed by atoms with Crippen molar-refractivity contribution < 1.29 is 9.90 Å². The number of benzene rings is 1. The van der Waals surface area contributed by atoms with E-state index in [1.807, 2.05) is 0 Å². The van der Waals surface area contributed by atoms with Gasteiger partial charge in [-0.25, -0.2) is 0 Å². The lowest BCUT2D eigenvalue weighted by atomic mass is 9.99. The van der Waals surface area contributed by atoms with Crippen LogP contribution in [0.15, 0.2) is 18.2 Å². The number of hydrogen-bond donors (Lipinski definition) is 1. The molecule has 1 fully saturated rings. The van der Waals surface area contributed by atoms with Crippen LogP contribution in [0.2, 0.25) is 5.02 Å². The molecule has 0 spiro atoms. The first-order valence-corrected chi connectivity index (χ1v) is 6.87. The second-order valence-electron chi connectivity index (χ2n) is 4.58. The molecule has 1 atom stereocenters. The van der Waals surface area contributed by atoms with E-state index in [0.717, 1.165) is 19.4 Å². The summed E-state index contributed by atoms with van der Waals surface area (Å²) in [4.78, 5) is 14.1. The topological polar surface area (TPSA) is 40.5 Å². The molecule has 0 saturated carbocycles. The molecule has 98 valence electrons. The third-order valence-corrected chi connectivity index (χ3v) is 3.97. The summed E-state index contributed by atoms with van der Waals surface area (Å²) in [6, 6.07) is 4.42. The van der Waals surface area contributed by atoms with Gasteiger partial charge in [0, 0.05) is 19.0 Å². The first-order valence-electron chi connectivity index (χ1n) is 5.95. The summed E-state index contributed by atoms with van der Waals surface area (Å²) in [6.07, 6.45) is 2.01. The Morgan fingerprint density at radius 1 is 1.50 bits per heavy atom. The molecular formula is C13H15Cl2NO2. The highest BCUT2D eigenvalue weighted by Gasteiger charge is 2.25. The summed E-state index contributed by atoms with van der Waals surface area (Å²) in [5, 5.41) is 9.80. The van der Waals surface area contributed by atoms with E-state index in [1.54, 1.807) is 4.90 Å². The average Bonchev–Trinajstić information content (AvgIpc) is 2.41. The molecule has 1 saturated heterocycles. The van der Waals surface area contributed by atoms with E-state index in [0.29, 0.717) is 28.9 Å². The fourth-order valence-electron chi connectivity index (χ4n) is 2.22. The van der Waals surface area contributed by atoms with E-state index in [-0.39, 0.29) is 11.7 Å². The highest BCUT2D eigenvalue weighted by Crippen LogP contribution is 2.25. The number of halogens is 2. The minimum atomic E-state index is -0.134. The van der Waals surface area contributed by atoms with Gasteiger partial charge in [-0.15, -0.1) is 11.6 Å². The lowest BCUT2D eigenvalue weighted by Gasteiger charge is -2.32. The van der Waals surface area contributed by atoms with Gasteiger partial charge >= 0.3 is 0 Å². The van der Waals surface area contributed by atoms with Gasteiger partial charge in [0.1, 0.15) is 5.75 Å². The van der Waals surface area contributed by atoms with Crippen molar-refractivity contribution in [3.05, 3.63) is 28.8 Å². The van der Waals surface area contributed by atoms with Crippen molar-refractivity contribution in [2.24, 2.45) is 5.92 Å². The number of likely N-dealkylation sites (tertiary alicyclic amines) is 1. The molecule has 1 aliphatic heterocycles. The number of piperidine rings is 1. The van der Waals surface area contributed by atoms with Crippen molar-refractivity contribution in [2.45, 2.75) is 12.8 Å². The summed E-state index contributed by atoms with van der Waals surface area (Å²) in [7, 11) is 0. The van der Waals surface area contributed by atoms with Crippen LogP contribution in [0.4, 0.5) is 0 Å². The molecular weight excluding hydrogens is 273 g/mol. The molecule has 0 aliphatic carbocycles. The summed E-state index contributed by atoms with van der Waals surface area (Å²) < 4.78 is 0. The number of aromatic hydroxyl groups is 1. The van der Waals surface area contributed by atoms with Crippen molar-refractivity contribution >= 4 is 29.1 Å². The Balaban J connectivity index is 2.17. The van der Waals surface area contributed by atoms with Crippen LogP contribution in [0.3, 0.4) is 0 Å². The Hall–Kier alpha value is -0.930. The minimum absolute atomic E-state index is 0.0497. The predicted molar refractivity (Wildman–Crippen MR) is 72.5 cm³/mol. The Morgan fingerprint density at radius 2 is 2.28 bits per heavy atom. The zero-order chi connectivity index (χ0) is 13.1. The van der Waals surface area contributed by atoms with Gasteiger partial charge in [-0.2, -0.15) is 0 Å². The van der Waals surface area contributed by atoms with Crippen molar-refractivity contribution in [2.75, 3.05) is 19.0 Å². The molecule has 0 aromatic heterocycles. The fourth-order valence-corrected chi connectivity index (χ4v) is 2.67. The van der Waals surface area contributed by atoms with Gasteiger partial charge in [0.25, 0.3) is 5.91 Å². The SMILES string of the molecule is O=C(c1cc(O)ccc1Cl)N1CCCC(CCl)C1. The lowest BCUT2D eigenvalue weighted by molar-refractivity contribution is 0.0684. The maximum absolute atomic E-state index is 12.3. The highest BCUT2D eigenvalue weighted by atomic mass is 35.5. The van der Waals surface area contributed by atoms with Crippen LogP contribution < -0.4 is 0 Å². The van der Waals surface area contributed by atoms with Crippen LogP contribution in [0, 0.1) is 5.92 Å². The maximum Gasteiger partial charge on any atom is 0.255 e. The second-order valence-corrected chi connectivity index (χ2v) is 5.29. The first-order chi connectivity index (χ1) is 8.61. The molecule has 0 bridgehead atoms. The number of amides is 1. The third kappa shape index (κ3) is 2.90. The second kappa shape index (κ2) is 5.81. The van der Waals surface area contributed by atoms with E-state index in [9.17, 15) is 9.90 Å². The van der Waals surface area contributed by atoms with Crippen LogP contribution in [-0.2, 0) is 0 Å². The molecule has 1 N–H and O–H groups in total. The normalized spacial score (nSPS) is 19.9. The molecule has 1 aromatic carbocycles. The van der Waals surface area contributed by atoms with E-state index in [1.165, 1.54) is 18.2 Å². The molecule has 1 aromatic rings. The van der Waals surface area contributed by atoms with Gasteiger partial charge in [-0.1, -0.05) is 11.6 Å². The van der Waals surface area contributed by atoms with E-state index >= 15 is 0 Å². The summed E-state index contributed by atoms with van der Waals surface area (Å²) in [5.74, 6) is 0.831. The molecule has 3 nitrogen and oxygen atoms in total. The minimum Gasteiger partial charge on any atom is -0.508 e. The molecule has 1 aliphatic rings. The maximum atomic E-state index is 12.3. The van der Waals surface area contributed by atoms with Crippen molar-refractivity contribution in [3.63, 3.8) is 0 Å². The molecule has 0 radical (unpaired) electrons. The molecule has 1 heterocycles. The predicted octanol–water partition coefficient (Wildman–Crippen LogP) is 3.14.